The van der Waals surface area contributed by atoms with E-state index in [0.717, 1.165) is 0 Å². The van der Waals surface area contributed by atoms with Crippen molar-refractivity contribution in [1.82, 2.24) is 0 Å². The zero-order valence-electron chi connectivity index (χ0n) is 7.68. The third-order valence-corrected chi connectivity index (χ3v) is 4.44. The molecule has 0 N–H and O–H groups in total. The van der Waals surface area contributed by atoms with Crippen molar-refractivity contribution >= 4 is 36.8 Å². The topological polar surface area (TPSA) is 0 Å². The molecule has 12 heavy (non-hydrogen) atoms. The minimum absolute atomic E-state index is 1.28. The summed E-state index contributed by atoms with van der Waals surface area (Å²) in [5.74, 6) is 0. The maximum absolute atomic E-state index is 2.37. The van der Waals surface area contributed by atoms with Crippen molar-refractivity contribution in [2.45, 2.75) is 39.0 Å². The van der Waals surface area contributed by atoms with Gasteiger partial charge in [0, 0.05) is 0 Å². The Kier molecular flexibility index (Phi) is 5.32. The number of thiophene rings is 1. The molecular weight excluding hydrogens is 271 g/mol. The Labute approximate surface area is 92.5 Å². The Hall–Kier alpha value is 0.499. The summed E-state index contributed by atoms with van der Waals surface area (Å²) in [5.41, 5.74) is 1.57. The number of hydrogen-bond acceptors (Lipinski definition) is 1. The van der Waals surface area contributed by atoms with Gasteiger partial charge in [-0.15, -0.1) is 0 Å². The first-order valence-electron chi connectivity index (χ1n) is 4.66. The van der Waals surface area contributed by atoms with Gasteiger partial charge in [-0.25, -0.2) is 0 Å². The molecular formula is C10H16SSn. The maximum atomic E-state index is 2.37. The van der Waals surface area contributed by atoms with Crippen molar-refractivity contribution in [3.05, 3.63) is 17.0 Å². The van der Waals surface area contributed by atoms with E-state index in [9.17, 15) is 0 Å². The summed E-state index contributed by atoms with van der Waals surface area (Å²) in [5, 5.41) is 2.33. The molecule has 0 fully saturated rings. The molecule has 0 saturated carbocycles. The summed E-state index contributed by atoms with van der Waals surface area (Å²) in [6, 6.07) is 2.37. The number of aryl methyl sites for hydroxylation is 1. The van der Waals surface area contributed by atoms with Gasteiger partial charge in [0.25, 0.3) is 0 Å². The fourth-order valence-corrected chi connectivity index (χ4v) is 3.17. The number of hydrogen-bond donors (Lipinski definition) is 0. The Morgan fingerprint density at radius 1 is 1.33 bits per heavy atom. The van der Waals surface area contributed by atoms with E-state index in [0.29, 0.717) is 0 Å². The Morgan fingerprint density at radius 3 is 2.75 bits per heavy atom. The predicted octanol–water partition coefficient (Wildman–Crippen LogP) is 2.40. The fourth-order valence-electron chi connectivity index (χ4n) is 1.28. The molecule has 0 bridgehead atoms. The van der Waals surface area contributed by atoms with Gasteiger partial charge in [0.15, 0.2) is 0 Å². The van der Waals surface area contributed by atoms with Gasteiger partial charge < -0.3 is 0 Å². The van der Waals surface area contributed by atoms with Crippen molar-refractivity contribution in [1.29, 1.82) is 0 Å². The molecule has 0 aliphatic rings. The first kappa shape index (κ1) is 10.6. The van der Waals surface area contributed by atoms with E-state index in [1.54, 1.807) is 8.46 Å². The normalized spacial score (nSPS) is 10.5. The average molecular weight is 287 g/mol. The number of unbranched alkanes of at least 4 members (excludes halogenated alkanes) is 3. The van der Waals surface area contributed by atoms with Crippen LogP contribution in [0.5, 0.6) is 0 Å². The molecule has 2 radical (unpaired) electrons. The summed E-state index contributed by atoms with van der Waals surface area (Å²) in [6.07, 6.45) is 6.83. The van der Waals surface area contributed by atoms with E-state index < -0.39 is 0 Å². The van der Waals surface area contributed by atoms with Crippen molar-refractivity contribution in [2.75, 3.05) is 0 Å². The van der Waals surface area contributed by atoms with E-state index >= 15 is 0 Å². The van der Waals surface area contributed by atoms with Crippen molar-refractivity contribution in [2.24, 2.45) is 0 Å². The van der Waals surface area contributed by atoms with Crippen LogP contribution in [0.1, 0.15) is 38.2 Å². The van der Waals surface area contributed by atoms with Crippen LogP contribution in [0.2, 0.25) is 0 Å². The summed E-state index contributed by atoms with van der Waals surface area (Å²) in [6.45, 7) is 2.26. The van der Waals surface area contributed by atoms with Crippen molar-refractivity contribution in [3.8, 4) is 0 Å². The van der Waals surface area contributed by atoms with Gasteiger partial charge in [-0.3, -0.25) is 0 Å². The van der Waals surface area contributed by atoms with Gasteiger partial charge in [0.05, 0.1) is 0 Å². The molecule has 0 nitrogen and oxygen atoms in total. The van der Waals surface area contributed by atoms with Gasteiger partial charge in [0.1, 0.15) is 0 Å². The molecule has 0 aliphatic carbocycles. The molecule has 0 aromatic carbocycles. The quantitative estimate of drug-likeness (QED) is 0.576. The molecule has 0 atom stereocenters. The molecule has 1 heterocycles. The van der Waals surface area contributed by atoms with Crippen LogP contribution in [0.3, 0.4) is 0 Å². The van der Waals surface area contributed by atoms with E-state index in [1.807, 2.05) is 11.3 Å². The molecule has 0 amide bonds. The SMILES string of the molecule is CCCCCCc1cs[c]([SnH])c1. The van der Waals surface area contributed by atoms with Gasteiger partial charge in [-0.2, -0.15) is 0 Å². The summed E-state index contributed by atoms with van der Waals surface area (Å²) >= 11 is 3.21. The molecule has 0 unspecified atom stereocenters. The molecule has 2 heteroatoms. The molecule has 0 spiro atoms. The summed E-state index contributed by atoms with van der Waals surface area (Å²) in [7, 11) is 0. The van der Waals surface area contributed by atoms with E-state index in [1.165, 1.54) is 54.6 Å². The van der Waals surface area contributed by atoms with E-state index in [-0.39, 0.29) is 0 Å². The second kappa shape index (κ2) is 6.03. The molecule has 1 rings (SSSR count). The molecule has 1 aromatic heterocycles. The van der Waals surface area contributed by atoms with Gasteiger partial charge in [0.2, 0.25) is 0 Å². The minimum atomic E-state index is 1.28. The Morgan fingerprint density at radius 2 is 2.17 bits per heavy atom. The third kappa shape index (κ3) is 3.94. The van der Waals surface area contributed by atoms with Crippen LogP contribution in [0.4, 0.5) is 0 Å². The second-order valence-electron chi connectivity index (χ2n) is 3.17. The fraction of sp³-hybridized carbons (Fsp3) is 0.600. The molecule has 0 saturated heterocycles. The van der Waals surface area contributed by atoms with E-state index in [2.05, 4.69) is 18.4 Å². The predicted molar refractivity (Wildman–Crippen MR) is 58.9 cm³/mol. The second-order valence-corrected chi connectivity index (χ2v) is 7.08. The standard InChI is InChI=1S/C10H15S.Sn.H/c1-2-3-4-5-6-10-7-8-11-9-10;;/h7,9H,2-6H2,1H3;;. The zero-order chi connectivity index (χ0) is 8.81. The van der Waals surface area contributed by atoms with Gasteiger partial charge in [-0.1, -0.05) is 0 Å². The van der Waals surface area contributed by atoms with Gasteiger partial charge in [-0.05, 0) is 0 Å². The van der Waals surface area contributed by atoms with Crippen LogP contribution in [0, 0.1) is 0 Å². The first-order valence-corrected chi connectivity index (χ1v) is 7.18. The summed E-state index contributed by atoms with van der Waals surface area (Å²) in [4.78, 5) is 0. The van der Waals surface area contributed by atoms with Crippen LogP contribution in [0.25, 0.3) is 0 Å². The molecule has 0 aliphatic heterocycles. The van der Waals surface area contributed by atoms with E-state index in [4.69, 9.17) is 0 Å². The average Bonchev–Trinajstić information content (AvgIpc) is 2.45. The van der Waals surface area contributed by atoms with Crippen molar-refractivity contribution in [3.63, 3.8) is 0 Å². The van der Waals surface area contributed by atoms with Crippen LogP contribution < -0.4 is 2.89 Å². The molecule has 1 aromatic rings. The molecule has 66 valence electrons. The monoisotopic (exact) mass is 288 g/mol. The van der Waals surface area contributed by atoms with Crippen LogP contribution in [-0.2, 0) is 6.42 Å². The zero-order valence-corrected chi connectivity index (χ0v) is 11.8. The van der Waals surface area contributed by atoms with Gasteiger partial charge >= 0.3 is 92.8 Å². The Bertz CT molecular complexity index is 217. The van der Waals surface area contributed by atoms with Crippen LogP contribution in [-0.4, -0.2) is 22.5 Å². The van der Waals surface area contributed by atoms with Crippen LogP contribution in [0.15, 0.2) is 11.4 Å². The van der Waals surface area contributed by atoms with Crippen LogP contribution >= 0.6 is 11.3 Å². The number of rotatable bonds is 5. The summed E-state index contributed by atoms with van der Waals surface area (Å²) < 4.78 is 1.57. The van der Waals surface area contributed by atoms with Crippen molar-refractivity contribution < 1.29 is 0 Å². The first-order chi connectivity index (χ1) is 5.83. The Balaban J connectivity index is 2.15. The third-order valence-electron chi connectivity index (χ3n) is 1.99.